The van der Waals surface area contributed by atoms with Crippen LogP contribution in [0.15, 0.2) is 60.9 Å². The van der Waals surface area contributed by atoms with E-state index in [0.29, 0.717) is 12.3 Å². The Hall–Kier alpha value is -3.39. The first-order chi connectivity index (χ1) is 11.8. The Morgan fingerprint density at radius 3 is 2.71 bits per heavy atom. The highest BCUT2D eigenvalue weighted by Crippen LogP contribution is 2.35. The molecule has 0 unspecified atom stereocenters. The zero-order valence-electron chi connectivity index (χ0n) is 12.9. The van der Waals surface area contributed by atoms with Crippen molar-refractivity contribution in [1.82, 2.24) is 9.97 Å². The zero-order chi connectivity index (χ0) is 16.4. The van der Waals surface area contributed by atoms with Gasteiger partial charge in [-0.2, -0.15) is 5.26 Å². The number of nitriles is 1. The minimum Gasteiger partial charge on any atom is -0.488 e. The van der Waals surface area contributed by atoms with Crippen LogP contribution in [0.5, 0.6) is 5.75 Å². The quantitative estimate of drug-likeness (QED) is 0.724. The zero-order valence-corrected chi connectivity index (χ0v) is 12.9. The molecule has 0 N–H and O–H groups in total. The summed E-state index contributed by atoms with van der Waals surface area (Å²) in [5.74, 6) is 1.65. The molecule has 0 bridgehead atoms. The van der Waals surface area contributed by atoms with Crippen molar-refractivity contribution in [2.24, 2.45) is 0 Å². The summed E-state index contributed by atoms with van der Waals surface area (Å²) in [4.78, 5) is 10.6. The fourth-order valence-electron chi connectivity index (χ4n) is 2.81. The molecule has 4 rings (SSSR count). The predicted molar refractivity (Wildman–Crippen MR) is 91.1 cm³/mol. The maximum Gasteiger partial charge on any atom is 0.175 e. The minimum atomic E-state index is 0.419. The highest BCUT2D eigenvalue weighted by Gasteiger charge is 2.20. The van der Waals surface area contributed by atoms with E-state index in [2.05, 4.69) is 33.1 Å². The lowest BCUT2D eigenvalue weighted by Crippen LogP contribution is -2.29. The maximum absolute atomic E-state index is 8.98. The molecule has 3 heterocycles. The second-order valence-electron chi connectivity index (χ2n) is 5.41. The van der Waals surface area contributed by atoms with Crippen molar-refractivity contribution >= 4 is 11.5 Å². The van der Waals surface area contributed by atoms with Gasteiger partial charge in [0.2, 0.25) is 0 Å². The molecule has 1 aromatic carbocycles. The second-order valence-corrected chi connectivity index (χ2v) is 5.41. The average molecular weight is 314 g/mol. The summed E-state index contributed by atoms with van der Waals surface area (Å²) in [5.41, 5.74) is 3.51. The Morgan fingerprint density at radius 2 is 1.88 bits per heavy atom. The van der Waals surface area contributed by atoms with Crippen molar-refractivity contribution in [3.8, 4) is 22.9 Å². The van der Waals surface area contributed by atoms with Gasteiger partial charge in [-0.25, -0.2) is 9.97 Å². The Bertz CT molecular complexity index is 915. The van der Waals surface area contributed by atoms with Gasteiger partial charge in [-0.05, 0) is 47.5 Å². The first-order valence-corrected chi connectivity index (χ1v) is 7.67. The maximum atomic E-state index is 8.98. The van der Waals surface area contributed by atoms with Crippen molar-refractivity contribution in [2.75, 3.05) is 18.1 Å². The van der Waals surface area contributed by atoms with Crippen molar-refractivity contribution in [1.29, 1.82) is 5.26 Å². The van der Waals surface area contributed by atoms with Crippen LogP contribution in [0.25, 0.3) is 11.1 Å². The van der Waals surface area contributed by atoms with E-state index in [9.17, 15) is 0 Å². The summed E-state index contributed by atoms with van der Waals surface area (Å²) in [6, 6.07) is 17.8. The Kier molecular flexibility index (Phi) is 3.56. The Morgan fingerprint density at radius 1 is 1.00 bits per heavy atom. The summed E-state index contributed by atoms with van der Waals surface area (Å²) in [5, 5.41) is 8.98. The van der Waals surface area contributed by atoms with Gasteiger partial charge in [0, 0.05) is 18.1 Å². The Balaban J connectivity index is 1.67. The van der Waals surface area contributed by atoms with Crippen LogP contribution < -0.4 is 9.64 Å². The molecule has 1 aliphatic heterocycles. The molecule has 0 saturated carbocycles. The van der Waals surface area contributed by atoms with Crippen molar-refractivity contribution < 1.29 is 4.74 Å². The van der Waals surface area contributed by atoms with Crippen molar-refractivity contribution in [3.05, 3.63) is 66.6 Å². The van der Waals surface area contributed by atoms with Gasteiger partial charge in [0.15, 0.2) is 11.6 Å². The lowest BCUT2D eigenvalue weighted by Gasteiger charge is -2.30. The molecule has 0 amide bonds. The Labute approximate surface area is 139 Å². The number of hydrogen-bond donors (Lipinski definition) is 0. The van der Waals surface area contributed by atoms with Crippen LogP contribution in [0.3, 0.4) is 0 Å². The third kappa shape index (κ3) is 2.55. The number of aromatic nitrogens is 2. The molecule has 24 heavy (non-hydrogen) atoms. The van der Waals surface area contributed by atoms with E-state index in [1.807, 2.05) is 30.3 Å². The summed E-state index contributed by atoms with van der Waals surface area (Å²) in [6.45, 7) is 1.40. The standard InChI is InChI=1S/C19H14N4O/c20-13-16-12-15(7-9-21-16)14-3-5-17(6-4-14)23-10-11-24-18-2-1-8-22-19(18)23/h1-9,12H,10-11H2. The molecule has 0 spiro atoms. The van der Waals surface area contributed by atoms with E-state index in [1.165, 1.54) is 0 Å². The van der Waals surface area contributed by atoms with E-state index < -0.39 is 0 Å². The molecule has 5 nitrogen and oxygen atoms in total. The highest BCUT2D eigenvalue weighted by atomic mass is 16.5. The van der Waals surface area contributed by atoms with Crippen LogP contribution in [0.1, 0.15) is 5.69 Å². The highest BCUT2D eigenvalue weighted by molar-refractivity contribution is 5.71. The van der Waals surface area contributed by atoms with Crippen LogP contribution in [0, 0.1) is 11.3 Å². The smallest absolute Gasteiger partial charge is 0.175 e. The van der Waals surface area contributed by atoms with Crippen molar-refractivity contribution in [2.45, 2.75) is 0 Å². The van der Waals surface area contributed by atoms with Gasteiger partial charge in [0.25, 0.3) is 0 Å². The molecule has 0 aliphatic carbocycles. The molecule has 116 valence electrons. The van der Waals surface area contributed by atoms with Gasteiger partial charge in [-0.1, -0.05) is 12.1 Å². The van der Waals surface area contributed by atoms with Gasteiger partial charge < -0.3 is 9.64 Å². The molecule has 0 atom stereocenters. The van der Waals surface area contributed by atoms with Gasteiger partial charge in [0.05, 0.1) is 6.54 Å². The van der Waals surface area contributed by atoms with Crippen LogP contribution in [-0.2, 0) is 0 Å². The van der Waals surface area contributed by atoms with Gasteiger partial charge in [0.1, 0.15) is 18.4 Å². The molecule has 0 radical (unpaired) electrons. The predicted octanol–water partition coefficient (Wildman–Crippen LogP) is 3.55. The van der Waals surface area contributed by atoms with E-state index in [4.69, 9.17) is 10.00 Å². The number of rotatable bonds is 2. The lowest BCUT2D eigenvalue weighted by molar-refractivity contribution is 0.312. The molecule has 2 aromatic heterocycles. The molecule has 3 aromatic rings. The summed E-state index contributed by atoms with van der Waals surface area (Å²) in [6.07, 6.45) is 3.43. The average Bonchev–Trinajstić information content (AvgIpc) is 2.68. The third-order valence-electron chi connectivity index (χ3n) is 3.97. The number of nitrogens with zero attached hydrogens (tertiary/aromatic N) is 4. The van der Waals surface area contributed by atoms with Crippen LogP contribution >= 0.6 is 0 Å². The second kappa shape index (κ2) is 6.01. The number of fused-ring (bicyclic) bond motifs is 1. The first kappa shape index (κ1) is 14.2. The third-order valence-corrected chi connectivity index (χ3v) is 3.97. The fraction of sp³-hybridized carbons (Fsp3) is 0.105. The molecule has 0 saturated heterocycles. The largest absolute Gasteiger partial charge is 0.488 e. The van der Waals surface area contributed by atoms with E-state index >= 15 is 0 Å². The lowest BCUT2D eigenvalue weighted by atomic mass is 10.1. The normalized spacial score (nSPS) is 12.9. The van der Waals surface area contributed by atoms with E-state index in [-0.39, 0.29) is 0 Å². The fourth-order valence-corrected chi connectivity index (χ4v) is 2.81. The van der Waals surface area contributed by atoms with Gasteiger partial charge in [-0.15, -0.1) is 0 Å². The number of pyridine rings is 2. The number of ether oxygens (including phenoxy) is 1. The topological polar surface area (TPSA) is 62.0 Å². The van der Waals surface area contributed by atoms with Gasteiger partial charge in [-0.3, -0.25) is 0 Å². The molecule has 5 heteroatoms. The summed E-state index contributed by atoms with van der Waals surface area (Å²) < 4.78 is 5.65. The molecule has 0 fully saturated rings. The summed E-state index contributed by atoms with van der Waals surface area (Å²) >= 11 is 0. The van der Waals surface area contributed by atoms with Crippen LogP contribution in [0.4, 0.5) is 11.5 Å². The first-order valence-electron chi connectivity index (χ1n) is 7.67. The minimum absolute atomic E-state index is 0.419. The van der Waals surface area contributed by atoms with Crippen LogP contribution in [0.2, 0.25) is 0 Å². The summed E-state index contributed by atoms with van der Waals surface area (Å²) in [7, 11) is 0. The monoisotopic (exact) mass is 314 g/mol. The SMILES string of the molecule is N#Cc1cc(-c2ccc(N3CCOc4cccnc43)cc2)ccn1. The molecular weight excluding hydrogens is 300 g/mol. The number of hydrogen-bond acceptors (Lipinski definition) is 5. The van der Waals surface area contributed by atoms with E-state index in [0.717, 1.165) is 34.9 Å². The molecule has 1 aliphatic rings. The molecular formula is C19H14N4O. The van der Waals surface area contributed by atoms with Crippen molar-refractivity contribution in [3.63, 3.8) is 0 Å². The van der Waals surface area contributed by atoms with Gasteiger partial charge >= 0.3 is 0 Å². The van der Waals surface area contributed by atoms with E-state index in [1.54, 1.807) is 18.5 Å². The van der Waals surface area contributed by atoms with Crippen LogP contribution in [-0.4, -0.2) is 23.1 Å². The number of anilines is 2. The number of benzene rings is 1.